The second kappa shape index (κ2) is 7.09. The van der Waals surface area contributed by atoms with Crippen molar-refractivity contribution in [3.8, 4) is 11.5 Å². The van der Waals surface area contributed by atoms with Crippen LogP contribution in [0.2, 0.25) is 0 Å². The lowest BCUT2D eigenvalue weighted by molar-refractivity contribution is 0.464. The Labute approximate surface area is 157 Å². The van der Waals surface area contributed by atoms with Crippen molar-refractivity contribution >= 4 is 41.7 Å². The van der Waals surface area contributed by atoms with E-state index in [4.69, 9.17) is 4.74 Å². The van der Waals surface area contributed by atoms with Crippen LogP contribution < -0.4 is 4.74 Å². The number of rotatable bonds is 4. The molecule has 3 aromatic carbocycles. The van der Waals surface area contributed by atoms with Crippen LogP contribution in [-0.2, 0) is 9.84 Å². The molecule has 0 atom stereocenters. The van der Waals surface area contributed by atoms with Gasteiger partial charge >= 0.3 is 0 Å². The molecule has 3 rings (SSSR count). The summed E-state index contributed by atoms with van der Waals surface area (Å²) in [4.78, 5) is 0.324. The third-order valence-electron chi connectivity index (χ3n) is 3.32. The first-order chi connectivity index (χ1) is 11.5. The van der Waals surface area contributed by atoms with E-state index in [-0.39, 0.29) is 15.5 Å². The highest BCUT2D eigenvalue weighted by atomic mass is 79.9. The van der Waals surface area contributed by atoms with E-state index >= 15 is 0 Å². The first-order valence-corrected chi connectivity index (χ1v) is 10.1. The molecular formula is C18H12Br2O3S. The molecule has 0 fully saturated rings. The van der Waals surface area contributed by atoms with Crippen LogP contribution >= 0.6 is 31.9 Å². The van der Waals surface area contributed by atoms with Gasteiger partial charge in [-0.2, -0.15) is 0 Å². The number of para-hydroxylation sites is 1. The average Bonchev–Trinajstić information content (AvgIpc) is 2.60. The largest absolute Gasteiger partial charge is 0.455 e. The van der Waals surface area contributed by atoms with Crippen molar-refractivity contribution in [2.45, 2.75) is 9.79 Å². The van der Waals surface area contributed by atoms with Crippen molar-refractivity contribution in [1.29, 1.82) is 0 Å². The smallest absolute Gasteiger partial charge is 0.210 e. The predicted octanol–water partition coefficient (Wildman–Crippen LogP) is 5.84. The number of halogens is 2. The van der Waals surface area contributed by atoms with E-state index < -0.39 is 9.84 Å². The molecule has 0 saturated heterocycles. The lowest BCUT2D eigenvalue weighted by Crippen LogP contribution is -2.04. The second-order valence-electron chi connectivity index (χ2n) is 4.92. The van der Waals surface area contributed by atoms with E-state index in [2.05, 4.69) is 31.9 Å². The topological polar surface area (TPSA) is 43.4 Å². The van der Waals surface area contributed by atoms with Crippen LogP contribution in [-0.4, -0.2) is 8.42 Å². The molecule has 0 N–H and O–H groups in total. The van der Waals surface area contributed by atoms with Gasteiger partial charge < -0.3 is 4.74 Å². The van der Waals surface area contributed by atoms with E-state index in [1.807, 2.05) is 18.2 Å². The SMILES string of the molecule is O=S(=O)(c1ccccc1)c1ccc(Br)c(Br)c1Oc1ccccc1. The van der Waals surface area contributed by atoms with Crippen LogP contribution in [0.5, 0.6) is 11.5 Å². The van der Waals surface area contributed by atoms with Crippen LogP contribution in [0.3, 0.4) is 0 Å². The molecule has 0 heterocycles. The number of sulfone groups is 1. The number of ether oxygens (including phenoxy) is 1. The third kappa shape index (κ3) is 3.41. The molecular weight excluding hydrogens is 456 g/mol. The van der Waals surface area contributed by atoms with Crippen LogP contribution in [0, 0.1) is 0 Å². The molecule has 24 heavy (non-hydrogen) atoms. The number of hydrogen-bond donors (Lipinski definition) is 0. The zero-order valence-corrected chi connectivity index (χ0v) is 16.3. The first-order valence-electron chi connectivity index (χ1n) is 7.01. The molecule has 6 heteroatoms. The van der Waals surface area contributed by atoms with E-state index in [1.54, 1.807) is 48.5 Å². The maximum Gasteiger partial charge on any atom is 0.210 e. The zero-order chi connectivity index (χ0) is 17.2. The summed E-state index contributed by atoms with van der Waals surface area (Å²) in [6, 6.07) is 20.6. The van der Waals surface area contributed by atoms with Crippen LogP contribution in [0.15, 0.2) is 91.5 Å². The maximum atomic E-state index is 13.0. The molecule has 0 aromatic heterocycles. The molecule has 122 valence electrons. The highest BCUT2D eigenvalue weighted by Crippen LogP contribution is 2.42. The number of benzene rings is 3. The van der Waals surface area contributed by atoms with Crippen molar-refractivity contribution < 1.29 is 13.2 Å². The standard InChI is InChI=1S/C18H12Br2O3S/c19-15-11-12-16(24(21,22)14-9-5-2-6-10-14)18(17(15)20)23-13-7-3-1-4-8-13/h1-12H. The van der Waals surface area contributed by atoms with Gasteiger partial charge in [-0.15, -0.1) is 0 Å². The number of hydrogen-bond acceptors (Lipinski definition) is 3. The maximum absolute atomic E-state index is 13.0. The fourth-order valence-corrected chi connectivity index (χ4v) is 4.43. The van der Waals surface area contributed by atoms with Crippen molar-refractivity contribution in [3.05, 3.63) is 81.7 Å². The van der Waals surface area contributed by atoms with E-state index in [1.165, 1.54) is 6.07 Å². The summed E-state index contributed by atoms with van der Waals surface area (Å²) in [6.07, 6.45) is 0. The molecule has 0 amide bonds. The van der Waals surface area contributed by atoms with Crippen LogP contribution in [0.4, 0.5) is 0 Å². The minimum Gasteiger partial charge on any atom is -0.455 e. The molecule has 0 spiro atoms. The summed E-state index contributed by atoms with van der Waals surface area (Å²) in [5.74, 6) is 0.806. The van der Waals surface area contributed by atoms with Crippen molar-refractivity contribution in [1.82, 2.24) is 0 Å². The summed E-state index contributed by atoms with van der Waals surface area (Å²) >= 11 is 6.81. The molecule has 3 aromatic rings. The van der Waals surface area contributed by atoms with Gasteiger partial charge in [-0.25, -0.2) is 8.42 Å². The summed E-state index contributed by atoms with van der Waals surface area (Å²) in [5, 5.41) is 0. The Balaban J connectivity index is 2.17. The molecule has 0 saturated carbocycles. The highest BCUT2D eigenvalue weighted by Gasteiger charge is 2.25. The molecule has 0 aliphatic rings. The Kier molecular flexibility index (Phi) is 5.08. The molecule has 0 aliphatic heterocycles. The normalized spacial score (nSPS) is 11.2. The van der Waals surface area contributed by atoms with Gasteiger partial charge in [-0.3, -0.25) is 0 Å². The summed E-state index contributed by atoms with van der Waals surface area (Å²) in [6.45, 7) is 0. The summed E-state index contributed by atoms with van der Waals surface area (Å²) in [5.41, 5.74) is 0. The van der Waals surface area contributed by atoms with Gasteiger partial charge in [-0.1, -0.05) is 36.4 Å². The van der Waals surface area contributed by atoms with Gasteiger partial charge in [0.25, 0.3) is 0 Å². The highest BCUT2D eigenvalue weighted by molar-refractivity contribution is 9.13. The average molecular weight is 468 g/mol. The minimum absolute atomic E-state index is 0.104. The lowest BCUT2D eigenvalue weighted by atomic mass is 10.3. The molecule has 0 aliphatic carbocycles. The molecule has 0 bridgehead atoms. The van der Waals surface area contributed by atoms with Gasteiger partial charge in [0.1, 0.15) is 10.6 Å². The second-order valence-corrected chi connectivity index (χ2v) is 8.49. The van der Waals surface area contributed by atoms with Crippen molar-refractivity contribution in [3.63, 3.8) is 0 Å². The third-order valence-corrected chi connectivity index (χ3v) is 7.09. The Bertz CT molecular complexity index is 956. The summed E-state index contributed by atoms with van der Waals surface area (Å²) in [7, 11) is -3.70. The zero-order valence-electron chi connectivity index (χ0n) is 12.3. The molecule has 0 radical (unpaired) electrons. The Hall–Kier alpha value is -1.63. The van der Waals surface area contributed by atoms with Gasteiger partial charge in [0, 0.05) is 4.47 Å². The fraction of sp³-hybridized carbons (Fsp3) is 0. The van der Waals surface area contributed by atoms with E-state index in [0.29, 0.717) is 14.7 Å². The summed E-state index contributed by atoms with van der Waals surface area (Å²) < 4.78 is 33.1. The quantitative estimate of drug-likeness (QED) is 0.484. The first kappa shape index (κ1) is 17.2. The van der Waals surface area contributed by atoms with Gasteiger partial charge in [0.05, 0.1) is 9.37 Å². The van der Waals surface area contributed by atoms with Crippen LogP contribution in [0.1, 0.15) is 0 Å². The Morgan fingerprint density at radius 3 is 1.96 bits per heavy atom. The van der Waals surface area contributed by atoms with Gasteiger partial charge in [0.2, 0.25) is 9.84 Å². The minimum atomic E-state index is -3.70. The Morgan fingerprint density at radius 1 is 0.750 bits per heavy atom. The van der Waals surface area contributed by atoms with Crippen molar-refractivity contribution in [2.24, 2.45) is 0 Å². The molecule has 0 unspecified atom stereocenters. The van der Waals surface area contributed by atoms with Gasteiger partial charge in [0.15, 0.2) is 5.75 Å². The van der Waals surface area contributed by atoms with Crippen molar-refractivity contribution in [2.75, 3.05) is 0 Å². The molecule has 3 nitrogen and oxygen atoms in total. The predicted molar refractivity (Wildman–Crippen MR) is 100 cm³/mol. The fourth-order valence-electron chi connectivity index (χ4n) is 2.15. The monoisotopic (exact) mass is 466 g/mol. The van der Waals surface area contributed by atoms with Gasteiger partial charge in [-0.05, 0) is 68.3 Å². The lowest BCUT2D eigenvalue weighted by Gasteiger charge is -2.14. The van der Waals surface area contributed by atoms with E-state index in [0.717, 1.165) is 0 Å². The van der Waals surface area contributed by atoms with E-state index in [9.17, 15) is 8.42 Å². The Morgan fingerprint density at radius 2 is 1.33 bits per heavy atom. The van der Waals surface area contributed by atoms with Crippen LogP contribution in [0.25, 0.3) is 0 Å².